The van der Waals surface area contributed by atoms with Crippen molar-refractivity contribution < 1.29 is 14.3 Å². The van der Waals surface area contributed by atoms with Crippen molar-refractivity contribution >= 4 is 51.5 Å². The molecular formula is C25H26Cl2N4O3. The Balaban J connectivity index is 1.45. The Morgan fingerprint density at radius 1 is 1.06 bits per heavy atom. The van der Waals surface area contributed by atoms with Crippen molar-refractivity contribution in [3.05, 3.63) is 62.8 Å². The molecule has 9 heteroatoms. The molecule has 2 fully saturated rings. The highest BCUT2D eigenvalue weighted by atomic mass is 35.5. The number of piperazine rings is 1. The van der Waals surface area contributed by atoms with Crippen LogP contribution in [0.4, 0.5) is 5.69 Å². The van der Waals surface area contributed by atoms with Crippen LogP contribution < -0.4 is 5.73 Å². The average Bonchev–Trinajstić information content (AvgIpc) is 3.09. The molecule has 7 nitrogen and oxygen atoms in total. The van der Waals surface area contributed by atoms with Crippen molar-refractivity contribution in [3.8, 4) is 0 Å². The van der Waals surface area contributed by atoms with Crippen molar-refractivity contribution in [2.24, 2.45) is 7.05 Å². The van der Waals surface area contributed by atoms with Gasteiger partial charge in [-0.15, -0.1) is 0 Å². The van der Waals surface area contributed by atoms with Crippen LogP contribution in [0.25, 0.3) is 10.9 Å². The summed E-state index contributed by atoms with van der Waals surface area (Å²) in [6, 6.07) is 9.13. The first-order chi connectivity index (χ1) is 16.3. The number of anilines is 1. The summed E-state index contributed by atoms with van der Waals surface area (Å²) in [5, 5.41) is 1.22. The van der Waals surface area contributed by atoms with E-state index in [0.29, 0.717) is 30.5 Å². The summed E-state index contributed by atoms with van der Waals surface area (Å²) in [7, 11) is 1.80. The molecule has 3 heterocycles. The first-order valence-corrected chi connectivity index (χ1v) is 12.0. The fourth-order valence-corrected chi connectivity index (χ4v) is 5.43. The number of halogens is 2. The molecule has 2 saturated heterocycles. The molecule has 5 rings (SSSR count). The predicted octanol–water partition coefficient (Wildman–Crippen LogP) is 3.76. The lowest BCUT2D eigenvalue weighted by Gasteiger charge is -2.42. The second kappa shape index (κ2) is 8.89. The largest absolute Gasteiger partial charge is 0.399 e. The number of ether oxygens (including phenoxy) is 1. The Labute approximate surface area is 207 Å². The molecule has 1 amide bonds. The molecule has 3 aromatic rings. The number of carbonyl (C=O) groups excluding carboxylic acids is 2. The molecule has 2 aliphatic rings. The summed E-state index contributed by atoms with van der Waals surface area (Å²) in [5.41, 5.74) is 9.29. The highest BCUT2D eigenvalue weighted by Crippen LogP contribution is 2.33. The summed E-state index contributed by atoms with van der Waals surface area (Å²) in [5.74, 6) is -0.531. The van der Waals surface area contributed by atoms with Gasteiger partial charge in [0.15, 0.2) is 0 Å². The Kier molecular flexibility index (Phi) is 6.06. The van der Waals surface area contributed by atoms with Gasteiger partial charge in [-0.05, 0) is 42.8 Å². The number of amides is 1. The highest BCUT2D eigenvalue weighted by molar-refractivity contribution is 6.42. The number of benzene rings is 2. The van der Waals surface area contributed by atoms with Gasteiger partial charge in [0.1, 0.15) is 0 Å². The van der Waals surface area contributed by atoms with Crippen LogP contribution in [0.2, 0.25) is 10.0 Å². The SMILES string of the molecule is Cc1cc(N)cc2c1cc(C(=O)c1c(Cl)ccc(C(=O)N3CCN(C4COC4)CC3)c1Cl)n2C. The topological polar surface area (TPSA) is 80.8 Å². The van der Waals surface area contributed by atoms with E-state index in [1.807, 2.05) is 25.1 Å². The number of hydrogen-bond acceptors (Lipinski definition) is 5. The van der Waals surface area contributed by atoms with E-state index >= 15 is 0 Å². The number of hydrogen-bond donors (Lipinski definition) is 1. The lowest BCUT2D eigenvalue weighted by atomic mass is 10.0. The molecule has 34 heavy (non-hydrogen) atoms. The third-order valence-corrected chi connectivity index (χ3v) is 7.62. The summed E-state index contributed by atoms with van der Waals surface area (Å²) >= 11 is 13.1. The molecule has 2 aromatic carbocycles. The summed E-state index contributed by atoms with van der Waals surface area (Å²) < 4.78 is 7.06. The first-order valence-electron chi connectivity index (χ1n) is 11.3. The van der Waals surface area contributed by atoms with Crippen molar-refractivity contribution in [1.82, 2.24) is 14.4 Å². The Bertz CT molecular complexity index is 1310. The van der Waals surface area contributed by atoms with E-state index in [1.165, 1.54) is 0 Å². The average molecular weight is 501 g/mol. The highest BCUT2D eigenvalue weighted by Gasteiger charge is 2.32. The van der Waals surface area contributed by atoms with Gasteiger partial charge < -0.3 is 19.9 Å². The molecule has 178 valence electrons. The number of aryl methyl sites for hydroxylation is 2. The van der Waals surface area contributed by atoms with Gasteiger partial charge >= 0.3 is 0 Å². The van der Waals surface area contributed by atoms with E-state index in [4.69, 9.17) is 33.7 Å². The normalized spacial score (nSPS) is 17.2. The van der Waals surface area contributed by atoms with E-state index in [0.717, 1.165) is 42.8 Å². The standard InChI is InChI=1S/C25H26Cl2N4O3/c1-14-9-15(28)10-20-18(14)11-21(29(20)2)24(32)22-19(26)4-3-17(23(22)27)25(33)31-7-5-30(6-8-31)16-12-34-13-16/h3-4,9-11,16H,5-8,12-13,28H2,1-2H3. The number of nitrogens with two attached hydrogens (primary N) is 1. The van der Waals surface area contributed by atoms with Gasteiger partial charge in [0.25, 0.3) is 5.91 Å². The molecule has 0 bridgehead atoms. The Morgan fingerprint density at radius 3 is 2.41 bits per heavy atom. The van der Waals surface area contributed by atoms with Crippen molar-refractivity contribution in [1.29, 1.82) is 0 Å². The second-order valence-electron chi connectivity index (χ2n) is 8.99. The molecule has 0 atom stereocenters. The van der Waals surface area contributed by atoms with E-state index in [1.54, 1.807) is 28.6 Å². The van der Waals surface area contributed by atoms with Crippen LogP contribution in [0.5, 0.6) is 0 Å². The predicted molar refractivity (Wildman–Crippen MR) is 134 cm³/mol. The number of rotatable bonds is 4. The maximum atomic E-state index is 13.6. The second-order valence-corrected chi connectivity index (χ2v) is 9.78. The fraction of sp³-hybridized carbons (Fsp3) is 0.360. The molecule has 0 aliphatic carbocycles. The monoisotopic (exact) mass is 500 g/mol. The van der Waals surface area contributed by atoms with Gasteiger partial charge in [0, 0.05) is 44.3 Å². The molecule has 0 unspecified atom stereocenters. The lowest BCUT2D eigenvalue weighted by molar-refractivity contribution is -0.0746. The zero-order valence-electron chi connectivity index (χ0n) is 19.1. The third-order valence-electron chi connectivity index (χ3n) is 6.91. The number of ketones is 1. The molecule has 0 saturated carbocycles. The third kappa shape index (κ3) is 3.86. The molecular weight excluding hydrogens is 475 g/mol. The summed E-state index contributed by atoms with van der Waals surface area (Å²) in [4.78, 5) is 31.1. The van der Waals surface area contributed by atoms with Gasteiger partial charge in [-0.2, -0.15) is 0 Å². The number of fused-ring (bicyclic) bond motifs is 1. The zero-order chi connectivity index (χ0) is 24.1. The van der Waals surface area contributed by atoms with Crippen LogP contribution in [0, 0.1) is 6.92 Å². The summed E-state index contributed by atoms with van der Waals surface area (Å²) in [6.07, 6.45) is 0. The van der Waals surface area contributed by atoms with Gasteiger partial charge in [0.2, 0.25) is 5.78 Å². The van der Waals surface area contributed by atoms with Crippen molar-refractivity contribution in [3.63, 3.8) is 0 Å². The maximum Gasteiger partial charge on any atom is 0.255 e. The molecule has 0 radical (unpaired) electrons. The maximum absolute atomic E-state index is 13.6. The molecule has 2 N–H and O–H groups in total. The van der Waals surface area contributed by atoms with Crippen LogP contribution >= 0.6 is 23.2 Å². The first kappa shape index (κ1) is 23.2. The smallest absolute Gasteiger partial charge is 0.255 e. The lowest BCUT2D eigenvalue weighted by Crippen LogP contribution is -2.57. The molecule has 1 aromatic heterocycles. The van der Waals surface area contributed by atoms with Crippen molar-refractivity contribution in [2.75, 3.05) is 45.1 Å². The number of carbonyl (C=O) groups is 2. The zero-order valence-corrected chi connectivity index (χ0v) is 20.6. The minimum atomic E-state index is -0.337. The van der Waals surface area contributed by atoms with E-state index in [2.05, 4.69) is 4.90 Å². The number of nitrogen functional groups attached to an aromatic ring is 1. The number of nitrogens with zero attached hydrogens (tertiary/aromatic N) is 3. The van der Waals surface area contributed by atoms with Crippen molar-refractivity contribution in [2.45, 2.75) is 13.0 Å². The quantitative estimate of drug-likeness (QED) is 0.435. The van der Waals surface area contributed by atoms with Gasteiger partial charge in [0.05, 0.1) is 51.6 Å². The van der Waals surface area contributed by atoms with Crippen LogP contribution in [0.1, 0.15) is 32.0 Å². The van der Waals surface area contributed by atoms with E-state index in [-0.39, 0.29) is 32.9 Å². The van der Waals surface area contributed by atoms with Gasteiger partial charge in [-0.25, -0.2) is 0 Å². The van der Waals surface area contributed by atoms with Crippen LogP contribution in [0.3, 0.4) is 0 Å². The van der Waals surface area contributed by atoms with Gasteiger partial charge in [-0.3, -0.25) is 14.5 Å². The van der Waals surface area contributed by atoms with E-state index < -0.39 is 0 Å². The summed E-state index contributed by atoms with van der Waals surface area (Å²) in [6.45, 7) is 6.22. The van der Waals surface area contributed by atoms with Crippen LogP contribution in [0.15, 0.2) is 30.3 Å². The Morgan fingerprint density at radius 2 is 1.76 bits per heavy atom. The molecule has 0 spiro atoms. The minimum absolute atomic E-state index is 0.0822. The minimum Gasteiger partial charge on any atom is -0.399 e. The van der Waals surface area contributed by atoms with Gasteiger partial charge in [-0.1, -0.05) is 23.2 Å². The van der Waals surface area contributed by atoms with E-state index in [9.17, 15) is 9.59 Å². The van der Waals surface area contributed by atoms with Crippen LogP contribution in [-0.2, 0) is 11.8 Å². The van der Waals surface area contributed by atoms with Crippen LogP contribution in [-0.4, -0.2) is 71.5 Å². The molecule has 2 aliphatic heterocycles. The fourth-order valence-electron chi connectivity index (χ4n) is 4.80. The Hall–Kier alpha value is -2.58. The number of aromatic nitrogens is 1.